The molecule has 0 amide bonds. The van der Waals surface area contributed by atoms with Crippen LogP contribution in [0.1, 0.15) is 44.5 Å². The predicted molar refractivity (Wildman–Crippen MR) is 286 cm³/mol. The lowest BCUT2D eigenvalue weighted by Crippen LogP contribution is -2.28. The number of hydrogen-bond acceptors (Lipinski definition) is 5. The summed E-state index contributed by atoms with van der Waals surface area (Å²) in [5.41, 5.74) is 13.2. The molecule has 10 aromatic carbocycles. The molecule has 0 bridgehead atoms. The number of hydrogen-bond donors (Lipinski definition) is 0. The lowest BCUT2D eigenvalue weighted by atomic mass is 9.67. The van der Waals surface area contributed by atoms with Crippen LogP contribution in [0.15, 0.2) is 244 Å². The van der Waals surface area contributed by atoms with Crippen molar-refractivity contribution in [3.8, 4) is 45.3 Å². The Hall–Kier alpha value is -8.80. The van der Waals surface area contributed by atoms with Gasteiger partial charge in [-0.25, -0.2) is 0 Å². The van der Waals surface area contributed by atoms with E-state index in [1.54, 1.807) is 0 Å². The highest BCUT2D eigenvalue weighted by atomic mass is 16.5. The van der Waals surface area contributed by atoms with E-state index in [0.717, 1.165) is 45.3 Å². The monoisotopic (exact) mass is 922 g/mol. The first kappa shape index (κ1) is 43.5. The SMILES string of the molecule is C=COCCOc1ccc(C2(c3ccc(Oc4ccc(C5(c6ccc(OCCOC=C)cc6)c6ccccc6-c6cc7ccccc7cc65)cc4)cc3)c3ccccc3-c3cc4ccccc4cc32)cc1. The normalized spacial score (nSPS) is 16.1. The Balaban J connectivity index is 0.923. The van der Waals surface area contributed by atoms with E-state index in [4.69, 9.17) is 23.7 Å². The van der Waals surface area contributed by atoms with Crippen molar-refractivity contribution in [2.45, 2.75) is 10.8 Å². The van der Waals surface area contributed by atoms with Crippen LogP contribution in [0.3, 0.4) is 0 Å². The van der Waals surface area contributed by atoms with Gasteiger partial charge in [-0.1, -0.05) is 159 Å². The van der Waals surface area contributed by atoms with Gasteiger partial charge in [-0.05, 0) is 161 Å². The molecule has 0 aromatic heterocycles. The van der Waals surface area contributed by atoms with Crippen molar-refractivity contribution in [1.82, 2.24) is 0 Å². The molecule has 5 heteroatoms. The number of ether oxygens (including phenoxy) is 5. The molecule has 0 heterocycles. The second-order valence-electron chi connectivity index (χ2n) is 18.1. The molecule has 0 fully saturated rings. The van der Waals surface area contributed by atoms with Gasteiger partial charge >= 0.3 is 0 Å². The summed E-state index contributed by atoms with van der Waals surface area (Å²) >= 11 is 0. The summed E-state index contributed by atoms with van der Waals surface area (Å²) in [5.74, 6) is 3.06. The fourth-order valence-electron chi connectivity index (χ4n) is 11.4. The highest BCUT2D eigenvalue weighted by Crippen LogP contribution is 2.59. The standard InChI is InChI=1S/C66H50O5/c1-3-67-37-39-69-53-29-21-49(22-30-53)65(61-19-11-9-17-57(61)59-41-45-13-5-7-15-47(45)43-63(59)65)51-25-33-55(34-26-51)71-56-35-27-52(28-36-56)66(50-23-31-54(32-24-50)70-40-38-68-4-2)62-20-12-10-18-58(62)60-42-46-14-6-8-16-48(46)44-64(60)66/h3-36,41-44H,1-2,37-40H2. The first-order valence-corrected chi connectivity index (χ1v) is 24.2. The fourth-order valence-corrected chi connectivity index (χ4v) is 11.4. The van der Waals surface area contributed by atoms with Gasteiger partial charge in [-0.3, -0.25) is 0 Å². The lowest BCUT2D eigenvalue weighted by Gasteiger charge is -2.34. The molecule has 2 atom stereocenters. The van der Waals surface area contributed by atoms with Crippen molar-refractivity contribution in [1.29, 1.82) is 0 Å². The van der Waals surface area contributed by atoms with Crippen LogP contribution in [0.2, 0.25) is 0 Å². The van der Waals surface area contributed by atoms with E-state index in [0.29, 0.717) is 26.4 Å². The first-order chi connectivity index (χ1) is 35.1. The van der Waals surface area contributed by atoms with Crippen molar-refractivity contribution in [2.24, 2.45) is 0 Å². The number of rotatable bonds is 16. The van der Waals surface area contributed by atoms with E-state index in [-0.39, 0.29) is 0 Å². The quantitative estimate of drug-likeness (QED) is 0.0714. The third kappa shape index (κ3) is 7.32. The molecule has 71 heavy (non-hydrogen) atoms. The molecule has 5 nitrogen and oxygen atoms in total. The minimum atomic E-state index is -0.613. The molecular formula is C66H50O5. The highest BCUT2D eigenvalue weighted by Gasteiger charge is 2.48. The minimum absolute atomic E-state index is 0.427. The molecule has 2 aliphatic carbocycles. The maximum absolute atomic E-state index is 6.76. The Labute approximate surface area is 414 Å². The zero-order chi connectivity index (χ0) is 47.8. The van der Waals surface area contributed by atoms with Gasteiger partial charge in [0.25, 0.3) is 0 Å². The molecule has 0 saturated carbocycles. The van der Waals surface area contributed by atoms with Gasteiger partial charge in [0.1, 0.15) is 49.4 Å². The highest BCUT2D eigenvalue weighted by molar-refractivity contribution is 5.97. The number of fused-ring (bicyclic) bond motifs is 8. The summed E-state index contributed by atoms with van der Waals surface area (Å²) in [6.45, 7) is 9.01. The molecule has 2 unspecified atom stereocenters. The summed E-state index contributed by atoms with van der Waals surface area (Å²) in [5, 5.41) is 4.83. The maximum Gasteiger partial charge on any atom is 0.127 e. The Bertz CT molecular complexity index is 3360. The second kappa shape index (κ2) is 18.3. The maximum atomic E-state index is 6.76. The van der Waals surface area contributed by atoms with Gasteiger partial charge < -0.3 is 23.7 Å². The van der Waals surface area contributed by atoms with Gasteiger partial charge in [-0.2, -0.15) is 0 Å². The van der Waals surface area contributed by atoms with Crippen molar-refractivity contribution in [3.05, 3.63) is 289 Å². The molecule has 0 spiro atoms. The molecular weight excluding hydrogens is 873 g/mol. The predicted octanol–water partition coefficient (Wildman–Crippen LogP) is 15.6. The van der Waals surface area contributed by atoms with Gasteiger partial charge in [0.05, 0.1) is 23.4 Å². The second-order valence-corrected chi connectivity index (χ2v) is 18.1. The summed E-state index contributed by atoms with van der Waals surface area (Å²) < 4.78 is 29.5. The Morgan fingerprint density at radius 2 is 0.634 bits per heavy atom. The molecule has 2 aliphatic rings. The van der Waals surface area contributed by atoms with E-state index in [2.05, 4.69) is 232 Å². The molecule has 10 aromatic rings. The van der Waals surface area contributed by atoms with Crippen LogP contribution in [0.25, 0.3) is 43.8 Å². The molecule has 0 aliphatic heterocycles. The summed E-state index contributed by atoms with van der Waals surface area (Å²) in [4.78, 5) is 0. The van der Waals surface area contributed by atoms with Crippen LogP contribution in [-0.2, 0) is 20.3 Å². The van der Waals surface area contributed by atoms with E-state index in [9.17, 15) is 0 Å². The lowest BCUT2D eigenvalue weighted by molar-refractivity contribution is 0.179. The summed E-state index contributed by atoms with van der Waals surface area (Å²) in [6.07, 6.45) is 2.88. The molecule has 0 radical (unpaired) electrons. The summed E-state index contributed by atoms with van der Waals surface area (Å²) in [6, 6.07) is 78.8. The van der Waals surface area contributed by atoms with Gasteiger partial charge in [0.15, 0.2) is 0 Å². The third-order valence-electron chi connectivity index (χ3n) is 14.4. The summed E-state index contributed by atoms with van der Waals surface area (Å²) in [7, 11) is 0. The topological polar surface area (TPSA) is 46.2 Å². The van der Waals surface area contributed by atoms with Crippen LogP contribution in [0, 0.1) is 0 Å². The smallest absolute Gasteiger partial charge is 0.127 e. The van der Waals surface area contributed by atoms with Gasteiger partial charge in [-0.15, -0.1) is 0 Å². The Morgan fingerprint density at radius 3 is 1.00 bits per heavy atom. The van der Waals surface area contributed by atoms with E-state index in [1.807, 2.05) is 0 Å². The van der Waals surface area contributed by atoms with Crippen molar-refractivity contribution in [2.75, 3.05) is 26.4 Å². The molecule has 12 rings (SSSR count). The first-order valence-electron chi connectivity index (χ1n) is 24.2. The largest absolute Gasteiger partial charge is 0.498 e. The zero-order valence-electron chi connectivity index (χ0n) is 39.2. The zero-order valence-corrected chi connectivity index (χ0v) is 39.2. The minimum Gasteiger partial charge on any atom is -0.498 e. The van der Waals surface area contributed by atoms with Crippen molar-refractivity contribution in [3.63, 3.8) is 0 Å². The van der Waals surface area contributed by atoms with Gasteiger partial charge in [0.2, 0.25) is 0 Å². The third-order valence-corrected chi connectivity index (χ3v) is 14.4. The molecule has 0 saturated heterocycles. The van der Waals surface area contributed by atoms with Crippen LogP contribution < -0.4 is 14.2 Å². The van der Waals surface area contributed by atoms with E-state index >= 15 is 0 Å². The molecule has 344 valence electrons. The average molecular weight is 923 g/mol. The fraction of sp³-hybridized carbons (Fsp3) is 0.0909. The molecule has 0 N–H and O–H groups in total. The Kier molecular flexibility index (Phi) is 11.2. The number of benzene rings is 10. The van der Waals surface area contributed by atoms with Crippen LogP contribution in [0.5, 0.6) is 23.0 Å². The van der Waals surface area contributed by atoms with E-state index < -0.39 is 10.8 Å². The Morgan fingerprint density at radius 1 is 0.310 bits per heavy atom. The van der Waals surface area contributed by atoms with Crippen LogP contribution >= 0.6 is 0 Å². The van der Waals surface area contributed by atoms with Crippen LogP contribution in [-0.4, -0.2) is 26.4 Å². The average Bonchev–Trinajstić information content (AvgIpc) is 3.88. The van der Waals surface area contributed by atoms with E-state index in [1.165, 1.54) is 78.6 Å². The van der Waals surface area contributed by atoms with Gasteiger partial charge in [0, 0.05) is 0 Å². The van der Waals surface area contributed by atoms with Crippen molar-refractivity contribution < 1.29 is 23.7 Å². The van der Waals surface area contributed by atoms with Crippen LogP contribution in [0.4, 0.5) is 0 Å². The van der Waals surface area contributed by atoms with Crippen molar-refractivity contribution >= 4 is 21.5 Å².